The molecule has 190 valence electrons. The van der Waals surface area contributed by atoms with Crippen molar-refractivity contribution >= 4 is 46.4 Å². The number of hydrogen-bond donors (Lipinski definition) is 0. The Morgan fingerprint density at radius 1 is 0.917 bits per heavy atom. The molecule has 1 fully saturated rings. The Kier molecular flexibility index (Phi) is 9.78. The molecule has 9 heteroatoms. The van der Waals surface area contributed by atoms with Gasteiger partial charge in [-0.3, -0.25) is 14.5 Å². The molecule has 36 heavy (non-hydrogen) atoms. The van der Waals surface area contributed by atoms with Crippen LogP contribution in [0, 0.1) is 0 Å². The highest BCUT2D eigenvalue weighted by molar-refractivity contribution is 7.09. The van der Waals surface area contributed by atoms with E-state index in [-0.39, 0.29) is 18.4 Å². The van der Waals surface area contributed by atoms with Gasteiger partial charge in [0.15, 0.2) is 0 Å². The molecule has 1 aliphatic rings. The minimum absolute atomic E-state index is 0.0262. The lowest BCUT2D eigenvalue weighted by Gasteiger charge is -2.31. The van der Waals surface area contributed by atoms with E-state index in [1.807, 2.05) is 52.7 Å². The highest BCUT2D eigenvalue weighted by Gasteiger charge is 2.24. The van der Waals surface area contributed by atoms with E-state index in [1.165, 1.54) is 0 Å². The van der Waals surface area contributed by atoms with Crippen LogP contribution in [0.4, 0.5) is 0 Å². The van der Waals surface area contributed by atoms with Crippen LogP contribution in [-0.4, -0.2) is 72.5 Å². The van der Waals surface area contributed by atoms with Crippen molar-refractivity contribution < 1.29 is 14.3 Å². The monoisotopic (exact) mass is 545 g/mol. The second-order valence-corrected chi connectivity index (χ2v) is 10.5. The second kappa shape index (κ2) is 13.2. The normalized spacial score (nSPS) is 13.9. The summed E-state index contributed by atoms with van der Waals surface area (Å²) in [7, 11) is 0. The molecule has 1 aliphatic heterocycles. The molecule has 2 amide bonds. The highest BCUT2D eigenvalue weighted by atomic mass is 35.5. The zero-order valence-electron chi connectivity index (χ0n) is 19.9. The molecule has 0 unspecified atom stereocenters. The number of morpholine rings is 1. The van der Waals surface area contributed by atoms with Crippen LogP contribution in [0.1, 0.15) is 20.8 Å². The summed E-state index contributed by atoms with van der Waals surface area (Å²) in [6, 6.07) is 18.7. The molecule has 0 N–H and O–H groups in total. The molecule has 6 nitrogen and oxygen atoms in total. The first-order valence-electron chi connectivity index (χ1n) is 11.9. The van der Waals surface area contributed by atoms with Crippen molar-refractivity contribution in [2.24, 2.45) is 0 Å². The molecule has 1 saturated heterocycles. The van der Waals surface area contributed by atoms with E-state index in [0.29, 0.717) is 55.0 Å². The predicted molar refractivity (Wildman–Crippen MR) is 145 cm³/mol. The van der Waals surface area contributed by atoms with E-state index in [4.69, 9.17) is 27.9 Å². The second-order valence-electron chi connectivity index (χ2n) is 8.62. The standard InChI is InChI=1S/C27H29Cl2N3O3S/c28-24-9-8-22(17-25(24)29)27(34)31(11-10-30-12-14-35-15-13-30)20-26(33)32(19-23-7-4-16-36-23)18-21-5-2-1-3-6-21/h1-9,16-17H,10-15,18-20H2. The zero-order valence-corrected chi connectivity index (χ0v) is 22.3. The van der Waals surface area contributed by atoms with Crippen molar-refractivity contribution in [2.75, 3.05) is 45.9 Å². The maximum Gasteiger partial charge on any atom is 0.254 e. The molecule has 2 aromatic carbocycles. The summed E-state index contributed by atoms with van der Waals surface area (Å²) < 4.78 is 5.44. The van der Waals surface area contributed by atoms with Crippen LogP contribution in [0.25, 0.3) is 0 Å². The third kappa shape index (κ3) is 7.54. The van der Waals surface area contributed by atoms with E-state index in [0.717, 1.165) is 23.5 Å². The van der Waals surface area contributed by atoms with Gasteiger partial charge in [-0.05, 0) is 35.2 Å². The van der Waals surface area contributed by atoms with Gasteiger partial charge in [-0.1, -0.05) is 59.6 Å². The van der Waals surface area contributed by atoms with Crippen LogP contribution in [0.5, 0.6) is 0 Å². The number of carbonyl (C=O) groups excluding carboxylic acids is 2. The summed E-state index contributed by atoms with van der Waals surface area (Å²) in [5, 5.41) is 2.70. The van der Waals surface area contributed by atoms with Gasteiger partial charge in [0.1, 0.15) is 6.54 Å². The lowest BCUT2D eigenvalue weighted by Crippen LogP contribution is -2.47. The zero-order chi connectivity index (χ0) is 25.3. The van der Waals surface area contributed by atoms with Gasteiger partial charge in [0, 0.05) is 43.2 Å². The molecule has 0 aliphatic carbocycles. The maximum absolute atomic E-state index is 13.6. The number of ether oxygens (including phenoxy) is 1. The number of carbonyl (C=O) groups is 2. The number of thiophene rings is 1. The molecule has 3 aromatic rings. The van der Waals surface area contributed by atoms with Crippen LogP contribution in [-0.2, 0) is 22.6 Å². The number of rotatable bonds is 10. The van der Waals surface area contributed by atoms with E-state index in [1.54, 1.807) is 34.4 Å². The van der Waals surface area contributed by atoms with Crippen molar-refractivity contribution in [3.63, 3.8) is 0 Å². The van der Waals surface area contributed by atoms with Crippen molar-refractivity contribution in [3.8, 4) is 0 Å². The van der Waals surface area contributed by atoms with Gasteiger partial charge in [-0.25, -0.2) is 0 Å². The van der Waals surface area contributed by atoms with E-state index in [9.17, 15) is 9.59 Å². The first-order valence-corrected chi connectivity index (χ1v) is 13.5. The quantitative estimate of drug-likeness (QED) is 0.357. The first kappa shape index (κ1) is 26.6. The lowest BCUT2D eigenvalue weighted by atomic mass is 10.2. The van der Waals surface area contributed by atoms with Crippen LogP contribution in [0.15, 0.2) is 66.0 Å². The minimum Gasteiger partial charge on any atom is -0.379 e. The van der Waals surface area contributed by atoms with Gasteiger partial charge < -0.3 is 14.5 Å². The molecule has 0 atom stereocenters. The topological polar surface area (TPSA) is 53.1 Å². The Labute approximate surface area is 226 Å². The summed E-state index contributed by atoms with van der Waals surface area (Å²) in [4.78, 5) is 33.9. The number of hydrogen-bond acceptors (Lipinski definition) is 5. The van der Waals surface area contributed by atoms with Crippen LogP contribution in [0.2, 0.25) is 10.0 Å². The molecule has 0 saturated carbocycles. The van der Waals surface area contributed by atoms with Gasteiger partial charge in [-0.15, -0.1) is 11.3 Å². The fourth-order valence-corrected chi connectivity index (χ4v) is 5.06. The Hall–Kier alpha value is -2.42. The highest BCUT2D eigenvalue weighted by Crippen LogP contribution is 2.23. The molecule has 2 heterocycles. The largest absolute Gasteiger partial charge is 0.379 e. The fraction of sp³-hybridized carbons (Fsp3) is 0.333. The molecule has 4 rings (SSSR count). The molecule has 0 radical (unpaired) electrons. The third-order valence-electron chi connectivity index (χ3n) is 6.07. The summed E-state index contributed by atoms with van der Waals surface area (Å²) >= 11 is 13.9. The van der Waals surface area contributed by atoms with Crippen LogP contribution >= 0.6 is 34.5 Å². The van der Waals surface area contributed by atoms with E-state index < -0.39 is 0 Å². The average Bonchev–Trinajstić information content (AvgIpc) is 3.41. The van der Waals surface area contributed by atoms with Crippen LogP contribution < -0.4 is 0 Å². The number of benzene rings is 2. The summed E-state index contributed by atoms with van der Waals surface area (Å²) in [5.74, 6) is -0.353. The van der Waals surface area contributed by atoms with Gasteiger partial charge in [-0.2, -0.15) is 0 Å². The average molecular weight is 547 g/mol. The molecular weight excluding hydrogens is 517 g/mol. The molecule has 0 spiro atoms. The molecular formula is C27H29Cl2N3O3S. The van der Waals surface area contributed by atoms with Gasteiger partial charge in [0.2, 0.25) is 5.91 Å². The first-order chi connectivity index (χ1) is 17.5. The van der Waals surface area contributed by atoms with E-state index >= 15 is 0 Å². The summed E-state index contributed by atoms with van der Waals surface area (Å²) in [6.07, 6.45) is 0. The maximum atomic E-state index is 13.6. The van der Waals surface area contributed by atoms with Crippen molar-refractivity contribution in [1.82, 2.24) is 14.7 Å². The van der Waals surface area contributed by atoms with Gasteiger partial charge >= 0.3 is 0 Å². The summed E-state index contributed by atoms with van der Waals surface area (Å²) in [5.41, 5.74) is 1.45. The Morgan fingerprint density at radius 2 is 1.69 bits per heavy atom. The van der Waals surface area contributed by atoms with Crippen molar-refractivity contribution in [2.45, 2.75) is 13.1 Å². The SMILES string of the molecule is O=C(CN(CCN1CCOCC1)C(=O)c1ccc(Cl)c(Cl)c1)N(Cc1ccccc1)Cc1cccs1. The number of nitrogens with zero attached hydrogens (tertiary/aromatic N) is 3. The smallest absolute Gasteiger partial charge is 0.254 e. The summed E-state index contributed by atoms with van der Waals surface area (Å²) in [6.45, 7) is 4.97. The Morgan fingerprint density at radius 3 is 2.39 bits per heavy atom. The molecule has 0 bridgehead atoms. The fourth-order valence-electron chi connectivity index (χ4n) is 4.04. The van der Waals surface area contributed by atoms with Crippen molar-refractivity contribution in [3.05, 3.63) is 92.1 Å². The number of amides is 2. The van der Waals surface area contributed by atoms with E-state index in [2.05, 4.69) is 4.90 Å². The third-order valence-corrected chi connectivity index (χ3v) is 7.67. The van der Waals surface area contributed by atoms with Crippen LogP contribution in [0.3, 0.4) is 0 Å². The Bertz CT molecular complexity index is 1140. The van der Waals surface area contributed by atoms with Crippen molar-refractivity contribution in [1.29, 1.82) is 0 Å². The molecule has 1 aromatic heterocycles. The van der Waals surface area contributed by atoms with Gasteiger partial charge in [0.05, 0.1) is 29.8 Å². The van der Waals surface area contributed by atoms with Gasteiger partial charge in [0.25, 0.3) is 5.91 Å². The predicted octanol–water partition coefficient (Wildman–Crippen LogP) is 5.06. The minimum atomic E-state index is -0.244. The number of halogens is 2. The lowest BCUT2D eigenvalue weighted by molar-refractivity contribution is -0.133. The Balaban J connectivity index is 1.53.